The Morgan fingerprint density at radius 2 is 1.78 bits per heavy atom. The van der Waals surface area contributed by atoms with E-state index in [2.05, 4.69) is 4.98 Å². The van der Waals surface area contributed by atoms with E-state index >= 15 is 0 Å². The predicted octanol–water partition coefficient (Wildman–Crippen LogP) is 3.21. The number of sulfonamides is 1. The van der Waals surface area contributed by atoms with Crippen LogP contribution < -0.4 is 10.3 Å². The van der Waals surface area contributed by atoms with Crippen molar-refractivity contribution >= 4 is 21.6 Å². The third-order valence-corrected chi connectivity index (χ3v) is 6.26. The lowest BCUT2D eigenvalue weighted by Crippen LogP contribution is -2.26. The van der Waals surface area contributed by atoms with Crippen molar-refractivity contribution in [2.24, 2.45) is 0 Å². The van der Waals surface area contributed by atoms with Crippen LogP contribution in [0.25, 0.3) is 5.69 Å². The first-order valence-corrected chi connectivity index (χ1v) is 12.2. The largest absolute Gasteiger partial charge is 0.508 e. The Morgan fingerprint density at radius 3 is 2.31 bits per heavy atom. The van der Waals surface area contributed by atoms with E-state index in [1.807, 2.05) is 0 Å². The number of benzene rings is 1. The number of phenols is 1. The number of phenolic OH excluding ortho intramolecular Hbond substituents is 1. The van der Waals surface area contributed by atoms with Gasteiger partial charge in [-0.1, -0.05) is 11.6 Å². The number of pyridine rings is 2. The quantitative estimate of drug-likeness (QED) is 0.605. The summed E-state index contributed by atoms with van der Waals surface area (Å²) in [5, 5.41) is 9.85. The Kier molecular flexibility index (Phi) is 7.89. The summed E-state index contributed by atoms with van der Waals surface area (Å²) >= 11 is 5.77. The van der Waals surface area contributed by atoms with Crippen molar-refractivity contribution in [3.8, 4) is 17.2 Å². The molecule has 1 N–H and O–H groups in total. The number of halogens is 1. The third kappa shape index (κ3) is 6.81. The SMILES string of the molecule is CS(=O)(=O)N1CCCC1.O=c1cc(OCc2ccc(Cl)cn2)ccn1-c1ccc(O)cc1. The third-order valence-electron chi connectivity index (χ3n) is 4.73. The van der Waals surface area contributed by atoms with E-state index in [4.69, 9.17) is 16.3 Å². The lowest BCUT2D eigenvalue weighted by molar-refractivity contribution is 0.300. The van der Waals surface area contributed by atoms with Gasteiger partial charge in [0, 0.05) is 37.2 Å². The molecule has 32 heavy (non-hydrogen) atoms. The van der Waals surface area contributed by atoms with Gasteiger partial charge in [0.2, 0.25) is 10.0 Å². The van der Waals surface area contributed by atoms with E-state index in [-0.39, 0.29) is 17.9 Å². The van der Waals surface area contributed by atoms with Crippen LogP contribution in [-0.4, -0.2) is 46.7 Å². The summed E-state index contributed by atoms with van der Waals surface area (Å²) < 4.78 is 30.1. The maximum atomic E-state index is 12.2. The van der Waals surface area contributed by atoms with Gasteiger partial charge < -0.3 is 9.84 Å². The summed E-state index contributed by atoms with van der Waals surface area (Å²) in [4.78, 5) is 16.3. The lowest BCUT2D eigenvalue weighted by atomic mass is 10.3. The molecule has 0 amide bonds. The maximum Gasteiger partial charge on any atom is 0.258 e. The Bertz CT molecular complexity index is 1190. The zero-order valence-electron chi connectivity index (χ0n) is 17.5. The minimum atomic E-state index is -2.87. The monoisotopic (exact) mass is 477 g/mol. The molecule has 4 rings (SSSR count). The molecule has 0 bridgehead atoms. The van der Waals surface area contributed by atoms with Crippen LogP contribution >= 0.6 is 11.6 Å². The number of rotatable bonds is 5. The molecule has 0 saturated carbocycles. The summed E-state index contributed by atoms with van der Waals surface area (Å²) in [5.74, 6) is 0.610. The van der Waals surface area contributed by atoms with Crippen LogP contribution in [0.4, 0.5) is 0 Å². The van der Waals surface area contributed by atoms with E-state index in [9.17, 15) is 18.3 Å². The molecular formula is C22H24ClN3O5S. The molecule has 0 spiro atoms. The van der Waals surface area contributed by atoms with Crippen LogP contribution in [0.1, 0.15) is 18.5 Å². The van der Waals surface area contributed by atoms with Crippen molar-refractivity contribution in [2.45, 2.75) is 19.4 Å². The van der Waals surface area contributed by atoms with E-state index < -0.39 is 10.0 Å². The topological polar surface area (TPSA) is 102 Å². The van der Waals surface area contributed by atoms with Gasteiger partial charge in [-0.2, -0.15) is 0 Å². The number of hydrogen-bond acceptors (Lipinski definition) is 6. The summed E-state index contributed by atoms with van der Waals surface area (Å²) in [7, 11) is -2.87. The molecule has 0 atom stereocenters. The molecular weight excluding hydrogens is 454 g/mol. The van der Waals surface area contributed by atoms with E-state index in [1.165, 1.54) is 33.3 Å². The highest BCUT2D eigenvalue weighted by molar-refractivity contribution is 7.88. The van der Waals surface area contributed by atoms with Crippen molar-refractivity contribution in [3.63, 3.8) is 0 Å². The number of aromatic nitrogens is 2. The van der Waals surface area contributed by atoms with E-state index in [0.29, 0.717) is 16.5 Å². The molecule has 1 saturated heterocycles. The first kappa shape index (κ1) is 23.8. The molecule has 1 fully saturated rings. The molecule has 3 heterocycles. The first-order valence-electron chi connectivity index (χ1n) is 9.93. The van der Waals surface area contributed by atoms with Crippen molar-refractivity contribution in [3.05, 3.63) is 82.0 Å². The van der Waals surface area contributed by atoms with Crippen LogP contribution in [0.2, 0.25) is 5.02 Å². The molecule has 0 radical (unpaired) electrons. The second-order valence-corrected chi connectivity index (χ2v) is 9.63. The van der Waals surface area contributed by atoms with Gasteiger partial charge in [0.15, 0.2) is 0 Å². The van der Waals surface area contributed by atoms with Gasteiger partial charge in [0.25, 0.3) is 5.56 Å². The highest BCUT2D eigenvalue weighted by Gasteiger charge is 2.19. The molecule has 0 unspecified atom stereocenters. The predicted molar refractivity (Wildman–Crippen MR) is 123 cm³/mol. The van der Waals surface area contributed by atoms with Crippen molar-refractivity contribution in [2.75, 3.05) is 19.3 Å². The second kappa shape index (κ2) is 10.6. The Morgan fingerprint density at radius 1 is 1.09 bits per heavy atom. The maximum absolute atomic E-state index is 12.2. The first-order chi connectivity index (χ1) is 15.2. The Balaban J connectivity index is 0.000000269. The van der Waals surface area contributed by atoms with Gasteiger partial charge in [-0.3, -0.25) is 14.3 Å². The number of aromatic hydroxyl groups is 1. The van der Waals surface area contributed by atoms with Crippen LogP contribution in [0, 0.1) is 0 Å². The average Bonchev–Trinajstić information content (AvgIpc) is 3.31. The normalized spacial score (nSPS) is 13.9. The average molecular weight is 478 g/mol. The van der Waals surface area contributed by atoms with E-state index in [1.54, 1.807) is 42.7 Å². The van der Waals surface area contributed by atoms with Crippen molar-refractivity contribution < 1.29 is 18.3 Å². The number of ether oxygens (including phenoxy) is 1. The summed E-state index contributed by atoms with van der Waals surface area (Å²) in [5.41, 5.74) is 1.16. The Labute approximate surface area is 191 Å². The fourth-order valence-corrected chi connectivity index (χ4v) is 4.08. The fourth-order valence-electron chi connectivity index (χ4n) is 3.05. The van der Waals surface area contributed by atoms with Crippen LogP contribution in [0.5, 0.6) is 11.5 Å². The molecule has 1 aliphatic heterocycles. The highest BCUT2D eigenvalue weighted by Crippen LogP contribution is 2.15. The molecule has 3 aromatic rings. The lowest BCUT2D eigenvalue weighted by Gasteiger charge is -2.09. The van der Waals surface area contributed by atoms with Crippen LogP contribution in [0.15, 0.2) is 65.7 Å². The van der Waals surface area contributed by atoms with Gasteiger partial charge in [-0.05, 0) is 55.3 Å². The van der Waals surface area contributed by atoms with Gasteiger partial charge in [-0.25, -0.2) is 12.7 Å². The molecule has 1 aliphatic rings. The van der Waals surface area contributed by atoms with Crippen LogP contribution in [-0.2, 0) is 16.6 Å². The van der Waals surface area contributed by atoms with E-state index in [0.717, 1.165) is 31.6 Å². The number of hydrogen-bond donors (Lipinski definition) is 1. The van der Waals surface area contributed by atoms with Crippen molar-refractivity contribution in [1.29, 1.82) is 0 Å². The zero-order valence-corrected chi connectivity index (χ0v) is 19.1. The molecule has 1 aromatic carbocycles. The number of nitrogens with zero attached hydrogens (tertiary/aromatic N) is 3. The second-order valence-electron chi connectivity index (χ2n) is 7.21. The van der Waals surface area contributed by atoms with Gasteiger partial charge >= 0.3 is 0 Å². The summed E-state index contributed by atoms with van der Waals surface area (Å²) in [6, 6.07) is 13.0. The van der Waals surface area contributed by atoms with Gasteiger partial charge in [0.1, 0.15) is 18.1 Å². The van der Waals surface area contributed by atoms with Gasteiger partial charge in [0.05, 0.1) is 17.0 Å². The minimum absolute atomic E-state index is 0.150. The standard InChI is InChI=1S/C17H13ClN2O3.C5H11NO2S/c18-12-1-2-13(19-10-12)11-23-16-7-8-20(17(22)9-16)14-3-5-15(21)6-4-14;1-9(7,8)6-4-2-3-5-6/h1-10,21H,11H2;2-5H2,1H3. The Hall–Kier alpha value is -2.88. The highest BCUT2D eigenvalue weighted by atomic mass is 35.5. The molecule has 170 valence electrons. The molecule has 10 heteroatoms. The molecule has 8 nitrogen and oxygen atoms in total. The summed E-state index contributed by atoms with van der Waals surface area (Å²) in [6.45, 7) is 1.69. The summed E-state index contributed by atoms with van der Waals surface area (Å²) in [6.07, 6.45) is 6.47. The smallest absolute Gasteiger partial charge is 0.258 e. The minimum Gasteiger partial charge on any atom is -0.508 e. The van der Waals surface area contributed by atoms with Crippen LogP contribution in [0.3, 0.4) is 0 Å². The molecule has 0 aliphatic carbocycles. The van der Waals surface area contributed by atoms with Crippen molar-refractivity contribution in [1.82, 2.24) is 13.9 Å². The molecule has 2 aromatic heterocycles. The zero-order chi connectivity index (χ0) is 23.1. The van der Waals surface area contributed by atoms with Gasteiger partial charge in [-0.15, -0.1) is 0 Å². The fraction of sp³-hybridized carbons (Fsp3) is 0.273.